The van der Waals surface area contributed by atoms with E-state index < -0.39 is 0 Å². The Morgan fingerprint density at radius 1 is 1.42 bits per heavy atom. The monoisotopic (exact) mass is 235 g/mol. The zero-order chi connectivity index (χ0) is 8.65. The number of rotatable bonds is 6. The summed E-state index contributed by atoms with van der Waals surface area (Å²) in [5, 5.41) is 4.50. The van der Waals surface area contributed by atoms with Gasteiger partial charge >= 0.3 is 0 Å². The van der Waals surface area contributed by atoms with Gasteiger partial charge in [0.15, 0.2) is 0 Å². The van der Waals surface area contributed by atoms with Crippen molar-refractivity contribution in [3.63, 3.8) is 0 Å². The van der Waals surface area contributed by atoms with E-state index in [0.29, 0.717) is 6.10 Å². The summed E-state index contributed by atoms with van der Waals surface area (Å²) < 4.78 is 5.51. The highest BCUT2D eigenvalue weighted by atomic mass is 79.9. The molecule has 1 N–H and O–H groups in total. The maximum absolute atomic E-state index is 5.51. The highest BCUT2D eigenvalue weighted by molar-refractivity contribution is 9.09. The van der Waals surface area contributed by atoms with E-state index in [1.165, 1.54) is 25.7 Å². The van der Waals surface area contributed by atoms with Crippen LogP contribution in [0.15, 0.2) is 0 Å². The predicted octanol–water partition coefficient (Wildman–Crippen LogP) is 1.93. The molecule has 1 saturated heterocycles. The summed E-state index contributed by atoms with van der Waals surface area (Å²) in [4.78, 5) is 0. The molecule has 1 rings (SSSR count). The van der Waals surface area contributed by atoms with E-state index in [1.807, 2.05) is 0 Å². The van der Waals surface area contributed by atoms with Gasteiger partial charge in [0.25, 0.3) is 0 Å². The lowest BCUT2D eigenvalue weighted by molar-refractivity contribution is 0.104. The second-order valence-electron chi connectivity index (χ2n) is 3.22. The summed E-state index contributed by atoms with van der Waals surface area (Å²) in [5.74, 6) is 0. The molecule has 0 bridgehead atoms. The van der Waals surface area contributed by atoms with Crippen LogP contribution >= 0.6 is 15.9 Å². The minimum absolute atomic E-state index is 0.543. The molecular weight excluding hydrogens is 218 g/mol. The van der Waals surface area contributed by atoms with Crippen LogP contribution in [0.5, 0.6) is 0 Å². The number of ether oxygens (including phenoxy) is 1. The molecule has 0 amide bonds. The molecule has 1 heterocycles. The van der Waals surface area contributed by atoms with Crippen LogP contribution in [0.2, 0.25) is 0 Å². The van der Waals surface area contributed by atoms with Gasteiger partial charge in [-0.05, 0) is 38.8 Å². The van der Waals surface area contributed by atoms with Crippen LogP contribution in [-0.2, 0) is 4.74 Å². The Hall–Kier alpha value is 0.400. The van der Waals surface area contributed by atoms with E-state index in [1.54, 1.807) is 0 Å². The van der Waals surface area contributed by atoms with Crippen molar-refractivity contribution in [2.45, 2.75) is 31.8 Å². The molecular formula is C9H18BrNO. The van der Waals surface area contributed by atoms with Crippen LogP contribution in [0, 0.1) is 0 Å². The molecule has 1 unspecified atom stereocenters. The molecule has 1 aliphatic rings. The Kier molecular flexibility index (Phi) is 6.00. The average Bonchev–Trinajstić information content (AvgIpc) is 2.57. The molecule has 0 aromatic carbocycles. The lowest BCUT2D eigenvalue weighted by Crippen LogP contribution is -2.21. The van der Waals surface area contributed by atoms with E-state index in [-0.39, 0.29) is 0 Å². The van der Waals surface area contributed by atoms with Crippen molar-refractivity contribution in [2.75, 3.05) is 25.0 Å². The van der Waals surface area contributed by atoms with Gasteiger partial charge in [0, 0.05) is 11.9 Å². The zero-order valence-corrected chi connectivity index (χ0v) is 9.11. The fourth-order valence-electron chi connectivity index (χ4n) is 1.45. The van der Waals surface area contributed by atoms with Crippen molar-refractivity contribution in [3.05, 3.63) is 0 Å². The Balaban J connectivity index is 1.81. The van der Waals surface area contributed by atoms with Gasteiger partial charge in [0.05, 0.1) is 6.10 Å². The predicted molar refractivity (Wildman–Crippen MR) is 54.9 cm³/mol. The Morgan fingerprint density at radius 3 is 3.00 bits per heavy atom. The highest BCUT2D eigenvalue weighted by Gasteiger charge is 2.13. The van der Waals surface area contributed by atoms with Gasteiger partial charge in [-0.3, -0.25) is 0 Å². The normalized spacial score (nSPS) is 23.2. The van der Waals surface area contributed by atoms with Gasteiger partial charge in [-0.15, -0.1) is 0 Å². The van der Waals surface area contributed by atoms with Crippen LogP contribution in [-0.4, -0.2) is 31.1 Å². The van der Waals surface area contributed by atoms with Crippen molar-refractivity contribution < 1.29 is 4.74 Å². The third kappa shape index (κ3) is 4.43. The zero-order valence-electron chi connectivity index (χ0n) is 7.52. The van der Waals surface area contributed by atoms with Gasteiger partial charge in [0.1, 0.15) is 0 Å². The largest absolute Gasteiger partial charge is 0.378 e. The molecule has 3 heteroatoms. The van der Waals surface area contributed by atoms with Crippen molar-refractivity contribution in [1.82, 2.24) is 5.32 Å². The molecule has 72 valence electrons. The third-order valence-electron chi connectivity index (χ3n) is 2.15. The Bertz CT molecular complexity index is 105. The molecule has 0 radical (unpaired) electrons. The first-order valence-corrected chi connectivity index (χ1v) is 5.94. The molecule has 0 aromatic rings. The number of halogens is 1. The molecule has 2 nitrogen and oxygen atoms in total. The second kappa shape index (κ2) is 6.87. The van der Waals surface area contributed by atoms with Gasteiger partial charge in [-0.2, -0.15) is 0 Å². The van der Waals surface area contributed by atoms with E-state index in [4.69, 9.17) is 4.74 Å². The lowest BCUT2D eigenvalue weighted by Gasteiger charge is -2.09. The first-order chi connectivity index (χ1) is 5.93. The van der Waals surface area contributed by atoms with Crippen molar-refractivity contribution >= 4 is 15.9 Å². The van der Waals surface area contributed by atoms with Crippen LogP contribution in [0.25, 0.3) is 0 Å². The summed E-state index contributed by atoms with van der Waals surface area (Å²) in [6, 6.07) is 0. The van der Waals surface area contributed by atoms with E-state index in [0.717, 1.165) is 25.0 Å². The van der Waals surface area contributed by atoms with Crippen molar-refractivity contribution in [3.8, 4) is 0 Å². The fourth-order valence-corrected chi connectivity index (χ4v) is 1.73. The summed E-state index contributed by atoms with van der Waals surface area (Å²) in [5.41, 5.74) is 0. The van der Waals surface area contributed by atoms with Crippen LogP contribution in [0.1, 0.15) is 25.7 Å². The summed E-state index contributed by atoms with van der Waals surface area (Å²) in [7, 11) is 0. The first-order valence-electron chi connectivity index (χ1n) is 4.82. The van der Waals surface area contributed by atoms with Gasteiger partial charge in [0.2, 0.25) is 0 Å². The van der Waals surface area contributed by atoms with Gasteiger partial charge in [-0.1, -0.05) is 15.9 Å². The third-order valence-corrected chi connectivity index (χ3v) is 2.71. The molecule has 0 aromatic heterocycles. The minimum atomic E-state index is 0.543. The van der Waals surface area contributed by atoms with E-state index >= 15 is 0 Å². The molecule has 0 saturated carbocycles. The SMILES string of the molecule is BrCCCNCCC1CCCO1. The fraction of sp³-hybridized carbons (Fsp3) is 1.00. The van der Waals surface area contributed by atoms with E-state index in [2.05, 4.69) is 21.2 Å². The second-order valence-corrected chi connectivity index (χ2v) is 4.01. The smallest absolute Gasteiger partial charge is 0.0588 e. The lowest BCUT2D eigenvalue weighted by atomic mass is 10.2. The molecule has 12 heavy (non-hydrogen) atoms. The van der Waals surface area contributed by atoms with Crippen LogP contribution < -0.4 is 5.32 Å². The Morgan fingerprint density at radius 2 is 2.33 bits per heavy atom. The first kappa shape index (κ1) is 10.5. The average molecular weight is 236 g/mol. The van der Waals surface area contributed by atoms with Crippen molar-refractivity contribution in [2.24, 2.45) is 0 Å². The summed E-state index contributed by atoms with van der Waals surface area (Å²) >= 11 is 3.40. The van der Waals surface area contributed by atoms with Gasteiger partial charge in [-0.25, -0.2) is 0 Å². The minimum Gasteiger partial charge on any atom is -0.378 e. The molecule has 1 atom stereocenters. The quantitative estimate of drug-likeness (QED) is 0.562. The summed E-state index contributed by atoms with van der Waals surface area (Å²) in [6.07, 6.45) is 5.46. The van der Waals surface area contributed by atoms with Crippen LogP contribution in [0.4, 0.5) is 0 Å². The van der Waals surface area contributed by atoms with E-state index in [9.17, 15) is 0 Å². The van der Waals surface area contributed by atoms with Gasteiger partial charge < -0.3 is 10.1 Å². The number of hydrogen-bond donors (Lipinski definition) is 1. The maximum atomic E-state index is 5.51. The maximum Gasteiger partial charge on any atom is 0.0588 e. The van der Waals surface area contributed by atoms with Crippen LogP contribution in [0.3, 0.4) is 0 Å². The highest BCUT2D eigenvalue weighted by Crippen LogP contribution is 2.14. The molecule has 0 aliphatic carbocycles. The summed E-state index contributed by atoms with van der Waals surface area (Å²) in [6.45, 7) is 3.21. The van der Waals surface area contributed by atoms with Crippen molar-refractivity contribution in [1.29, 1.82) is 0 Å². The number of nitrogens with one attached hydrogen (secondary N) is 1. The number of alkyl halides is 1. The topological polar surface area (TPSA) is 21.3 Å². The Labute approximate surface area is 83.2 Å². The molecule has 0 spiro atoms. The standard InChI is InChI=1S/C9H18BrNO/c10-5-2-6-11-7-4-9-3-1-8-12-9/h9,11H,1-8H2. The molecule has 1 aliphatic heterocycles. The number of hydrogen-bond acceptors (Lipinski definition) is 2. The molecule has 1 fully saturated rings.